The standard InChI is InChI=1S/C16H28NO3.C15H26N2O2.C15H26NO3.C13H22N2O2.C13H22NO3.C10H16N2O2/c1-4-7-11-17(6-3,10-5-2)12-14-20-16(18)15-9-8-13-19-15;1-4-10-17(6-3,11-5-2)12-13-19-15(18)14-8-7-9-16-14;1-4-9-16(6-3,10-5-2)11-13-19-15(17)14-8-7-12-18-14;1-4-15(5-2,6-3)10-11-17-13(16)12-8-7-9-14-12;1-4-14(5-2,6-3)9-11-17-13(15)12-8-7-10-16-12;1-12(2,3)7-8-14-10(13)9-5-4-6-11-9/h8-9,13H,4-7,10-12,14H2,1-3H3;7-9H,4-6,10-13H2,1-3H3;7-8,12H,4-6,9-11,13H2,1-3H3;7-9H,4-6,10-11H2,1-3H3;7-8,10H,4-6,9,11H2,1-3H3;4-6H,7-8H2,1-3H3/q+1;;+1;;+1;/p+3. The Morgan fingerprint density at radius 2 is 0.519 bits per heavy atom. The Balaban J connectivity index is 0.000000638. The molecule has 6 rings (SSSR count). The fourth-order valence-corrected chi connectivity index (χ4v) is 12.7. The van der Waals surface area contributed by atoms with E-state index in [0.717, 1.165) is 177 Å². The van der Waals surface area contributed by atoms with E-state index in [4.69, 9.17) is 41.7 Å². The number of nitrogens with one attached hydrogen (secondary N) is 3. The second kappa shape index (κ2) is 54.8. The van der Waals surface area contributed by atoms with Gasteiger partial charge in [-0.15, -0.1) is 0 Å². The number of furan rings is 3. The molecule has 0 aliphatic carbocycles. The van der Waals surface area contributed by atoms with Gasteiger partial charge in [0.1, 0.15) is 96.0 Å². The van der Waals surface area contributed by atoms with Gasteiger partial charge in [0.25, 0.3) is 0 Å². The zero-order valence-electron chi connectivity index (χ0n) is 68.7. The molecule has 0 bridgehead atoms. The third kappa shape index (κ3) is 37.7. The van der Waals surface area contributed by atoms with E-state index in [1.807, 2.05) is 0 Å². The smallest absolute Gasteiger partial charge is 0.374 e. The summed E-state index contributed by atoms with van der Waals surface area (Å²) < 4.78 is 52.4. The van der Waals surface area contributed by atoms with Gasteiger partial charge in [-0.3, -0.25) is 0 Å². The number of aromatic nitrogens is 3. The molecule has 6 aromatic rings. The van der Waals surface area contributed by atoms with Gasteiger partial charge in [0.15, 0.2) is 0 Å². The van der Waals surface area contributed by atoms with Gasteiger partial charge in [-0.25, -0.2) is 28.8 Å². The summed E-state index contributed by atoms with van der Waals surface area (Å²) in [6.07, 6.45) is 17.8. The van der Waals surface area contributed by atoms with Gasteiger partial charge in [-0.05, 0) is 174 Å². The Morgan fingerprint density at radius 1 is 0.283 bits per heavy atom. The van der Waals surface area contributed by atoms with Crippen LogP contribution in [-0.2, 0) is 28.4 Å². The number of ether oxygens (including phenoxy) is 6. The summed E-state index contributed by atoms with van der Waals surface area (Å²) in [5, 5.41) is 0. The van der Waals surface area contributed by atoms with Crippen LogP contribution in [0.3, 0.4) is 0 Å². The molecule has 106 heavy (non-hydrogen) atoms. The molecule has 0 radical (unpaired) electrons. The highest BCUT2D eigenvalue weighted by molar-refractivity contribution is 5.89. The van der Waals surface area contributed by atoms with E-state index >= 15 is 0 Å². The van der Waals surface area contributed by atoms with E-state index in [1.165, 1.54) is 51.0 Å². The minimum atomic E-state index is -0.378. The van der Waals surface area contributed by atoms with Crippen molar-refractivity contribution < 1.29 is 97.3 Å². The molecule has 0 saturated carbocycles. The van der Waals surface area contributed by atoms with Gasteiger partial charge in [0, 0.05) is 18.6 Å². The maximum Gasteiger partial charge on any atom is 0.374 e. The first-order chi connectivity index (χ1) is 50.8. The normalized spacial score (nSPS) is 11.9. The van der Waals surface area contributed by atoms with Crippen LogP contribution in [0.2, 0.25) is 0 Å². The van der Waals surface area contributed by atoms with Gasteiger partial charge < -0.3 is 83.5 Å². The number of rotatable bonds is 46. The Morgan fingerprint density at radius 3 is 0.717 bits per heavy atom. The zero-order valence-corrected chi connectivity index (χ0v) is 68.7. The molecule has 6 heterocycles. The number of hydrogen-bond acceptors (Lipinski definition) is 15. The Bertz CT molecular complexity index is 2950. The van der Waals surface area contributed by atoms with Crippen molar-refractivity contribution in [3.05, 3.63) is 145 Å². The van der Waals surface area contributed by atoms with Crippen molar-refractivity contribution >= 4 is 35.8 Å². The quantitative estimate of drug-likeness (QED) is 0.0183. The van der Waals surface area contributed by atoms with Crippen molar-refractivity contribution in [1.82, 2.24) is 15.0 Å². The van der Waals surface area contributed by atoms with Gasteiger partial charge >= 0.3 is 35.8 Å². The molecule has 24 heteroatoms. The van der Waals surface area contributed by atoms with E-state index in [-0.39, 0.29) is 53.1 Å². The molecule has 0 aromatic carbocycles. The lowest BCUT2D eigenvalue weighted by Crippen LogP contribution is -2.51. The van der Waals surface area contributed by atoms with Gasteiger partial charge in [-0.1, -0.05) is 48.0 Å². The van der Waals surface area contributed by atoms with Crippen LogP contribution in [0.4, 0.5) is 0 Å². The van der Waals surface area contributed by atoms with Gasteiger partial charge in [0.05, 0.1) is 138 Å². The lowest BCUT2D eigenvalue weighted by atomic mass is 10.2. The number of nitrogens with zero attached hydrogens (tertiary/aromatic N) is 6. The summed E-state index contributed by atoms with van der Waals surface area (Å²) >= 11 is 0. The number of unbranched alkanes of at least 4 members (excludes halogenated alkanes) is 1. The van der Waals surface area contributed by atoms with Crippen molar-refractivity contribution in [1.29, 1.82) is 0 Å². The van der Waals surface area contributed by atoms with E-state index < -0.39 is 0 Å². The number of H-pyrrole nitrogens is 3. The highest BCUT2D eigenvalue weighted by atomic mass is 16.6. The topological polar surface area (TPSA) is 245 Å². The molecule has 0 aliphatic heterocycles. The van der Waals surface area contributed by atoms with Crippen LogP contribution in [-0.4, -0.2) is 276 Å². The number of aromatic amines is 3. The molecule has 0 amide bonds. The Kier molecular flexibility index (Phi) is 49.8. The maximum absolute atomic E-state index is 11.7. The lowest BCUT2D eigenvalue weighted by Gasteiger charge is -2.37. The average Bonchev–Trinajstić information content (AvgIpc) is 1.25. The number of carbonyl (C=O) groups is 6. The molecule has 1 unspecified atom stereocenters. The summed E-state index contributed by atoms with van der Waals surface area (Å²) in [4.78, 5) is 78.1. The molecule has 0 spiro atoms. The van der Waals surface area contributed by atoms with Crippen LogP contribution in [0.5, 0.6) is 0 Å². The molecule has 1 atom stereocenters. The molecule has 24 nitrogen and oxygen atoms in total. The van der Waals surface area contributed by atoms with Crippen LogP contribution in [0.15, 0.2) is 123 Å². The summed E-state index contributed by atoms with van der Waals surface area (Å²) in [5.74, 6) is -1.09. The number of carbonyl (C=O) groups excluding carboxylic acids is 6. The highest BCUT2D eigenvalue weighted by Crippen LogP contribution is 2.16. The van der Waals surface area contributed by atoms with E-state index in [1.54, 1.807) is 91.4 Å². The monoisotopic (exact) mass is 1490 g/mol. The van der Waals surface area contributed by atoms with E-state index in [0.29, 0.717) is 56.7 Å². The molecular weight excluding hydrogens is 1350 g/mol. The highest BCUT2D eigenvalue weighted by Gasteiger charge is 2.28. The minimum Gasteiger partial charge on any atom is -0.457 e. The second-order valence-electron chi connectivity index (χ2n) is 27.9. The Labute approximate surface area is 636 Å². The van der Waals surface area contributed by atoms with Crippen LogP contribution >= 0.6 is 0 Å². The first-order valence-electron chi connectivity index (χ1n) is 39.4. The van der Waals surface area contributed by atoms with Crippen LogP contribution in [0.25, 0.3) is 0 Å². The summed E-state index contributed by atoms with van der Waals surface area (Å²) in [5.41, 5.74) is 1.56. The molecule has 0 fully saturated rings. The van der Waals surface area contributed by atoms with Gasteiger partial charge in [-0.2, -0.15) is 0 Å². The number of esters is 6. The predicted molar refractivity (Wildman–Crippen MR) is 419 cm³/mol. The van der Waals surface area contributed by atoms with Crippen molar-refractivity contribution in [3.8, 4) is 0 Å². The minimum absolute atomic E-state index is 0.257. The van der Waals surface area contributed by atoms with Crippen molar-refractivity contribution in [2.24, 2.45) is 0 Å². The first-order valence-corrected chi connectivity index (χ1v) is 39.4. The number of quaternary nitrogens is 6. The van der Waals surface area contributed by atoms with Crippen molar-refractivity contribution in [2.75, 3.05) is 198 Å². The fourth-order valence-electron chi connectivity index (χ4n) is 12.7. The van der Waals surface area contributed by atoms with Gasteiger partial charge in [0.2, 0.25) is 17.3 Å². The predicted octanol–water partition coefficient (Wildman–Crippen LogP) is 14.6. The zero-order chi connectivity index (χ0) is 79.2. The third-order valence-electron chi connectivity index (χ3n) is 20.1. The molecule has 0 saturated heterocycles. The fraction of sp³-hybridized carbons (Fsp3) is 0.634. The average molecular weight is 1500 g/mol. The molecule has 0 aliphatic rings. The number of hydrogen-bond donors (Lipinski definition) is 3. The maximum atomic E-state index is 11.7. The molecule has 3 N–H and O–H groups in total. The number of likely N-dealkylation sites (N-methyl/N-ethyl adjacent to an activating group) is 6. The third-order valence-corrected chi connectivity index (χ3v) is 20.1. The van der Waals surface area contributed by atoms with Crippen molar-refractivity contribution in [3.63, 3.8) is 0 Å². The Hall–Kier alpha value is -7.74. The van der Waals surface area contributed by atoms with Crippen LogP contribution in [0, 0.1) is 0 Å². The summed E-state index contributed by atoms with van der Waals surface area (Å²) in [6.45, 7) is 57.5. The molecule has 600 valence electrons. The molecular formula is C82H143N9O15+6. The van der Waals surface area contributed by atoms with Crippen LogP contribution < -0.4 is 0 Å². The van der Waals surface area contributed by atoms with Crippen molar-refractivity contribution in [2.45, 2.75) is 149 Å². The second-order valence-corrected chi connectivity index (χ2v) is 27.9. The summed E-state index contributed by atoms with van der Waals surface area (Å²) in [7, 11) is 6.17. The van der Waals surface area contributed by atoms with Crippen LogP contribution in [0.1, 0.15) is 212 Å². The lowest BCUT2D eigenvalue weighted by molar-refractivity contribution is -0.926. The summed E-state index contributed by atoms with van der Waals surface area (Å²) in [6, 6.07) is 20.5. The first kappa shape index (κ1) is 96.3. The van der Waals surface area contributed by atoms with E-state index in [2.05, 4.69) is 140 Å². The van der Waals surface area contributed by atoms with E-state index in [9.17, 15) is 28.8 Å². The molecule has 6 aromatic heterocycles. The largest absolute Gasteiger partial charge is 0.457 e. The SMILES string of the molecule is CCCC[N+](CC)(CCC)CCOC(=O)c1ccco1.CCC[N+](CC)(CCC)CCOC(=O)c1ccc[nH]1.CCC[N+](CC)(CCC)CCOC(=O)c1ccco1.CC[N+](CC)(CC)CCOC(=O)c1ccc[nH]1.CC[N+](CC)(CC)CCOC(=O)c1ccco1.C[N+](C)(C)CCOC(=O)c1ccc[nH]1.